The van der Waals surface area contributed by atoms with E-state index in [0.717, 1.165) is 28.1 Å². The highest BCUT2D eigenvalue weighted by Crippen LogP contribution is 2.36. The van der Waals surface area contributed by atoms with Crippen LogP contribution in [-0.2, 0) is 4.79 Å². The number of nitrogens with zero attached hydrogens (tertiary/aromatic N) is 3. The predicted molar refractivity (Wildman–Crippen MR) is 115 cm³/mol. The Balaban J connectivity index is 1.75. The summed E-state index contributed by atoms with van der Waals surface area (Å²) in [5, 5.41) is 10.6. The van der Waals surface area contributed by atoms with E-state index in [1.54, 1.807) is 4.68 Å². The molecular weight excluding hydrogens is 362 g/mol. The molecule has 0 spiro atoms. The maximum atomic E-state index is 13.3. The monoisotopic (exact) mass is 385 g/mol. The number of hydrogen-bond acceptors (Lipinski definition) is 4. The SMILES string of the molecule is CC1=C(C(=O)Nc2ccccc2C)[C@@H](/C(C)=C/c2ccccc2)n2ncnc2N1. The fourth-order valence-corrected chi connectivity index (χ4v) is 3.60. The van der Waals surface area contributed by atoms with Crippen molar-refractivity contribution in [1.82, 2.24) is 14.8 Å². The van der Waals surface area contributed by atoms with Crippen molar-refractivity contribution in [2.45, 2.75) is 26.8 Å². The van der Waals surface area contributed by atoms with Crippen molar-refractivity contribution in [2.75, 3.05) is 10.6 Å². The van der Waals surface area contributed by atoms with Crippen molar-refractivity contribution in [3.63, 3.8) is 0 Å². The van der Waals surface area contributed by atoms with Crippen LogP contribution in [0.3, 0.4) is 0 Å². The molecule has 2 N–H and O–H groups in total. The highest BCUT2D eigenvalue weighted by Gasteiger charge is 2.33. The Bertz CT molecular complexity index is 1110. The fourth-order valence-electron chi connectivity index (χ4n) is 3.60. The van der Waals surface area contributed by atoms with Crippen molar-refractivity contribution < 1.29 is 4.79 Å². The molecule has 1 aromatic heterocycles. The van der Waals surface area contributed by atoms with Gasteiger partial charge in [0, 0.05) is 11.4 Å². The molecule has 1 amide bonds. The van der Waals surface area contributed by atoms with Crippen molar-refractivity contribution in [1.29, 1.82) is 0 Å². The standard InChI is InChI=1S/C23H23N5O/c1-15-9-7-8-12-19(15)27-22(29)20-17(3)26-23-24-14-25-28(23)21(20)16(2)13-18-10-5-4-6-11-18/h4-14,21H,1-3H3,(H,27,29)(H,24,25,26)/b16-13+/t21-/m1/s1. The van der Waals surface area contributed by atoms with Gasteiger partial charge in [0.25, 0.3) is 5.91 Å². The Kier molecular flexibility index (Phi) is 4.99. The average molecular weight is 385 g/mol. The van der Waals surface area contributed by atoms with E-state index in [-0.39, 0.29) is 11.9 Å². The Labute approximate surface area is 170 Å². The van der Waals surface area contributed by atoms with Gasteiger partial charge >= 0.3 is 0 Å². The van der Waals surface area contributed by atoms with Crippen LogP contribution in [0.1, 0.15) is 31.0 Å². The van der Waals surface area contributed by atoms with E-state index in [0.29, 0.717) is 11.5 Å². The van der Waals surface area contributed by atoms with E-state index in [1.807, 2.05) is 75.4 Å². The van der Waals surface area contributed by atoms with Crippen LogP contribution in [-0.4, -0.2) is 20.7 Å². The van der Waals surface area contributed by atoms with Gasteiger partial charge in [0.1, 0.15) is 12.4 Å². The quantitative estimate of drug-likeness (QED) is 0.690. The topological polar surface area (TPSA) is 71.8 Å². The summed E-state index contributed by atoms with van der Waals surface area (Å²) in [7, 11) is 0. The largest absolute Gasteiger partial charge is 0.328 e. The molecule has 6 heteroatoms. The molecule has 0 saturated heterocycles. The van der Waals surface area contributed by atoms with Gasteiger partial charge in [-0.2, -0.15) is 10.1 Å². The molecule has 6 nitrogen and oxygen atoms in total. The van der Waals surface area contributed by atoms with E-state index in [2.05, 4.69) is 26.8 Å². The second kappa shape index (κ2) is 7.75. The molecule has 2 heterocycles. The van der Waals surface area contributed by atoms with Crippen LogP contribution in [0.2, 0.25) is 0 Å². The van der Waals surface area contributed by atoms with Crippen LogP contribution in [0.25, 0.3) is 6.08 Å². The number of benzene rings is 2. The third-order valence-electron chi connectivity index (χ3n) is 5.06. The summed E-state index contributed by atoms with van der Waals surface area (Å²) in [6.45, 7) is 5.89. The number of nitrogens with one attached hydrogen (secondary N) is 2. The number of aryl methyl sites for hydroxylation is 1. The van der Waals surface area contributed by atoms with Gasteiger partial charge in [0.2, 0.25) is 5.95 Å². The molecule has 0 bridgehead atoms. The predicted octanol–water partition coefficient (Wildman–Crippen LogP) is 4.57. The van der Waals surface area contributed by atoms with Crippen molar-refractivity contribution in [3.05, 3.63) is 88.9 Å². The number of carbonyl (C=O) groups excluding carboxylic acids is 1. The van der Waals surface area contributed by atoms with Gasteiger partial charge in [-0.3, -0.25) is 4.79 Å². The van der Waals surface area contributed by atoms with Gasteiger partial charge in [0.05, 0.1) is 5.57 Å². The Morgan fingerprint density at radius 2 is 1.83 bits per heavy atom. The normalized spacial score (nSPS) is 16.2. The summed E-state index contributed by atoms with van der Waals surface area (Å²) in [6.07, 6.45) is 3.58. The van der Waals surface area contributed by atoms with Crippen LogP contribution >= 0.6 is 0 Å². The zero-order valence-electron chi connectivity index (χ0n) is 16.7. The van der Waals surface area contributed by atoms with Gasteiger partial charge in [-0.15, -0.1) is 0 Å². The zero-order valence-corrected chi connectivity index (χ0v) is 16.7. The number of hydrogen-bond donors (Lipinski definition) is 2. The molecule has 0 radical (unpaired) electrons. The van der Waals surface area contributed by atoms with Gasteiger partial charge < -0.3 is 10.6 Å². The Hall–Kier alpha value is -3.67. The first-order valence-corrected chi connectivity index (χ1v) is 9.52. The van der Waals surface area contributed by atoms with Crippen LogP contribution < -0.4 is 10.6 Å². The molecule has 2 aromatic carbocycles. The lowest BCUT2D eigenvalue weighted by molar-refractivity contribution is -0.113. The van der Waals surface area contributed by atoms with E-state index < -0.39 is 0 Å². The molecule has 0 saturated carbocycles. The molecule has 29 heavy (non-hydrogen) atoms. The molecule has 0 fully saturated rings. The lowest BCUT2D eigenvalue weighted by Gasteiger charge is -2.29. The van der Waals surface area contributed by atoms with E-state index in [4.69, 9.17) is 0 Å². The summed E-state index contributed by atoms with van der Waals surface area (Å²) < 4.78 is 1.76. The van der Waals surface area contributed by atoms with Crippen molar-refractivity contribution in [3.8, 4) is 0 Å². The maximum Gasteiger partial charge on any atom is 0.255 e. The van der Waals surface area contributed by atoms with E-state index in [1.165, 1.54) is 6.33 Å². The summed E-state index contributed by atoms with van der Waals surface area (Å²) >= 11 is 0. The molecule has 146 valence electrons. The molecule has 4 rings (SSSR count). The minimum atomic E-state index is -0.349. The third-order valence-corrected chi connectivity index (χ3v) is 5.06. The summed E-state index contributed by atoms with van der Waals surface area (Å²) in [5.74, 6) is 0.469. The highest BCUT2D eigenvalue weighted by atomic mass is 16.1. The van der Waals surface area contributed by atoms with E-state index >= 15 is 0 Å². The van der Waals surface area contributed by atoms with Crippen LogP contribution in [0.5, 0.6) is 0 Å². The molecule has 0 unspecified atom stereocenters. The second-order valence-corrected chi connectivity index (χ2v) is 7.16. The van der Waals surface area contributed by atoms with E-state index in [9.17, 15) is 4.79 Å². The number of para-hydroxylation sites is 1. The van der Waals surface area contributed by atoms with Crippen molar-refractivity contribution >= 4 is 23.6 Å². The first kappa shape index (κ1) is 18.7. The molecule has 1 aliphatic heterocycles. The highest BCUT2D eigenvalue weighted by molar-refractivity contribution is 6.06. The van der Waals surface area contributed by atoms with Gasteiger partial charge in [0.15, 0.2) is 0 Å². The molecule has 3 aromatic rings. The molecule has 1 aliphatic rings. The van der Waals surface area contributed by atoms with Crippen molar-refractivity contribution in [2.24, 2.45) is 0 Å². The minimum Gasteiger partial charge on any atom is -0.328 e. The van der Waals surface area contributed by atoms with Gasteiger partial charge in [-0.1, -0.05) is 54.6 Å². The minimum absolute atomic E-state index is 0.156. The summed E-state index contributed by atoms with van der Waals surface area (Å²) in [5.41, 5.74) is 5.27. The number of carbonyl (C=O) groups is 1. The maximum absolute atomic E-state index is 13.3. The number of amides is 1. The molecule has 0 aliphatic carbocycles. The number of allylic oxidation sites excluding steroid dienone is 2. The summed E-state index contributed by atoms with van der Waals surface area (Å²) in [4.78, 5) is 17.6. The van der Waals surface area contributed by atoms with Crippen LogP contribution in [0.15, 0.2) is 77.8 Å². The van der Waals surface area contributed by atoms with Crippen LogP contribution in [0, 0.1) is 6.92 Å². The molecular formula is C23H23N5O. The van der Waals surface area contributed by atoms with Gasteiger partial charge in [-0.05, 0) is 43.5 Å². The Morgan fingerprint density at radius 3 is 2.59 bits per heavy atom. The number of rotatable bonds is 4. The first-order chi connectivity index (χ1) is 14.0. The number of aromatic nitrogens is 3. The fraction of sp³-hybridized carbons (Fsp3) is 0.174. The lowest BCUT2D eigenvalue weighted by Crippen LogP contribution is -2.31. The lowest BCUT2D eigenvalue weighted by atomic mass is 9.94. The third kappa shape index (κ3) is 3.69. The molecule has 1 atom stereocenters. The Morgan fingerprint density at radius 1 is 1.10 bits per heavy atom. The number of anilines is 2. The second-order valence-electron chi connectivity index (χ2n) is 7.16. The first-order valence-electron chi connectivity index (χ1n) is 9.52. The average Bonchev–Trinajstić information content (AvgIpc) is 3.17. The number of fused-ring (bicyclic) bond motifs is 1. The van der Waals surface area contributed by atoms with Crippen LogP contribution in [0.4, 0.5) is 11.6 Å². The zero-order chi connectivity index (χ0) is 20.4. The summed E-state index contributed by atoms with van der Waals surface area (Å²) in [6, 6.07) is 17.4. The van der Waals surface area contributed by atoms with Gasteiger partial charge in [-0.25, -0.2) is 4.68 Å². The smallest absolute Gasteiger partial charge is 0.255 e.